The molecule has 0 bridgehead atoms. The number of nitro groups is 1. The molecule has 1 aromatic rings. The minimum Gasteiger partial charge on any atom is -0.465 e. The maximum absolute atomic E-state index is 11.9. The van der Waals surface area contributed by atoms with Crippen molar-refractivity contribution in [3.63, 3.8) is 0 Å². The molecule has 1 aromatic carbocycles. The number of hydrogen-bond acceptors (Lipinski definition) is 6. The molecule has 0 spiro atoms. The maximum atomic E-state index is 11.9. The molecule has 0 saturated carbocycles. The van der Waals surface area contributed by atoms with Gasteiger partial charge in [-0.05, 0) is 38.8 Å². The SMILES string of the molecule is CCOC(=O)C(Cc1ccc([N+](=O)[O-])c(C)c1)C(=O)OCC. The Morgan fingerprint density at radius 2 is 1.73 bits per heavy atom. The third-order valence-electron chi connectivity index (χ3n) is 3.04. The van der Waals surface area contributed by atoms with Crippen molar-refractivity contribution in [3.8, 4) is 0 Å². The van der Waals surface area contributed by atoms with E-state index >= 15 is 0 Å². The van der Waals surface area contributed by atoms with Gasteiger partial charge in [0.2, 0.25) is 0 Å². The van der Waals surface area contributed by atoms with Crippen LogP contribution in [-0.2, 0) is 25.5 Å². The number of nitro benzene ring substituents is 1. The van der Waals surface area contributed by atoms with Crippen LogP contribution in [0.1, 0.15) is 25.0 Å². The summed E-state index contributed by atoms with van der Waals surface area (Å²) in [5, 5.41) is 10.8. The molecular weight excluding hydrogens is 290 g/mol. The molecule has 22 heavy (non-hydrogen) atoms. The number of benzene rings is 1. The summed E-state index contributed by atoms with van der Waals surface area (Å²) < 4.78 is 9.78. The smallest absolute Gasteiger partial charge is 0.320 e. The monoisotopic (exact) mass is 309 g/mol. The quantitative estimate of drug-likeness (QED) is 0.331. The van der Waals surface area contributed by atoms with Gasteiger partial charge < -0.3 is 9.47 Å². The number of aryl methyl sites for hydroxylation is 1. The van der Waals surface area contributed by atoms with Crippen LogP contribution in [0.5, 0.6) is 0 Å². The Kier molecular flexibility index (Phi) is 6.49. The standard InChI is InChI=1S/C15H19NO6/c1-4-21-14(17)12(15(18)22-5-2)9-11-6-7-13(16(19)20)10(3)8-11/h6-8,12H,4-5,9H2,1-3H3. The van der Waals surface area contributed by atoms with E-state index in [4.69, 9.17) is 9.47 Å². The predicted molar refractivity (Wildman–Crippen MR) is 78.3 cm³/mol. The lowest BCUT2D eigenvalue weighted by atomic mass is 9.97. The van der Waals surface area contributed by atoms with E-state index in [1.54, 1.807) is 26.8 Å². The molecule has 7 nitrogen and oxygen atoms in total. The Labute approximate surface area is 128 Å². The zero-order chi connectivity index (χ0) is 16.7. The topological polar surface area (TPSA) is 95.7 Å². The van der Waals surface area contributed by atoms with Crippen molar-refractivity contribution in [1.82, 2.24) is 0 Å². The molecule has 120 valence electrons. The van der Waals surface area contributed by atoms with Crippen LogP contribution < -0.4 is 0 Å². The van der Waals surface area contributed by atoms with Crippen LogP contribution in [0, 0.1) is 23.0 Å². The van der Waals surface area contributed by atoms with E-state index in [-0.39, 0.29) is 25.3 Å². The molecule has 0 unspecified atom stereocenters. The van der Waals surface area contributed by atoms with Crippen LogP contribution in [0.15, 0.2) is 18.2 Å². The number of carbonyl (C=O) groups excluding carboxylic acids is 2. The van der Waals surface area contributed by atoms with Gasteiger partial charge in [-0.2, -0.15) is 0 Å². The van der Waals surface area contributed by atoms with E-state index in [2.05, 4.69) is 0 Å². The first-order valence-electron chi connectivity index (χ1n) is 6.97. The molecule has 0 fully saturated rings. The highest BCUT2D eigenvalue weighted by atomic mass is 16.6. The summed E-state index contributed by atoms with van der Waals surface area (Å²) in [6.07, 6.45) is 0.0799. The molecule has 0 aliphatic rings. The van der Waals surface area contributed by atoms with Crippen molar-refractivity contribution in [2.45, 2.75) is 27.2 Å². The second kappa shape index (κ2) is 8.11. The minimum atomic E-state index is -1.07. The summed E-state index contributed by atoms with van der Waals surface area (Å²) in [6, 6.07) is 4.47. The molecule has 0 aliphatic heterocycles. The van der Waals surface area contributed by atoms with Crippen LogP contribution in [-0.4, -0.2) is 30.1 Å². The lowest BCUT2D eigenvalue weighted by Crippen LogP contribution is -2.30. The van der Waals surface area contributed by atoms with Gasteiger partial charge in [-0.3, -0.25) is 19.7 Å². The van der Waals surface area contributed by atoms with E-state index in [1.165, 1.54) is 12.1 Å². The minimum absolute atomic E-state index is 0.00688. The van der Waals surface area contributed by atoms with Gasteiger partial charge in [-0.15, -0.1) is 0 Å². The van der Waals surface area contributed by atoms with Gasteiger partial charge in [0, 0.05) is 11.6 Å². The summed E-state index contributed by atoms with van der Waals surface area (Å²) in [6.45, 7) is 5.22. The van der Waals surface area contributed by atoms with Gasteiger partial charge in [0.25, 0.3) is 5.69 Å². The average Bonchev–Trinajstić information content (AvgIpc) is 2.44. The van der Waals surface area contributed by atoms with E-state index in [0.29, 0.717) is 11.1 Å². The largest absolute Gasteiger partial charge is 0.465 e. The zero-order valence-electron chi connectivity index (χ0n) is 12.8. The highest BCUT2D eigenvalue weighted by molar-refractivity contribution is 5.95. The van der Waals surface area contributed by atoms with E-state index in [0.717, 1.165) is 0 Å². The molecule has 0 aromatic heterocycles. The Hall–Kier alpha value is -2.44. The Balaban J connectivity index is 2.98. The molecule has 0 atom stereocenters. The second-order valence-corrected chi connectivity index (χ2v) is 4.64. The van der Waals surface area contributed by atoms with Gasteiger partial charge >= 0.3 is 11.9 Å². The van der Waals surface area contributed by atoms with E-state index in [9.17, 15) is 19.7 Å². The number of carbonyl (C=O) groups is 2. The fourth-order valence-electron chi connectivity index (χ4n) is 2.03. The molecule has 0 radical (unpaired) electrons. The lowest BCUT2D eigenvalue weighted by molar-refractivity contribution is -0.385. The lowest BCUT2D eigenvalue weighted by Gasteiger charge is -2.14. The fraction of sp³-hybridized carbons (Fsp3) is 0.467. The second-order valence-electron chi connectivity index (χ2n) is 4.64. The number of rotatable bonds is 7. The van der Waals surface area contributed by atoms with E-state index in [1.807, 2.05) is 0 Å². The summed E-state index contributed by atoms with van der Waals surface area (Å²) in [5.74, 6) is -2.38. The molecular formula is C15H19NO6. The van der Waals surface area contributed by atoms with Crippen LogP contribution in [0.3, 0.4) is 0 Å². The Morgan fingerprint density at radius 3 is 2.14 bits per heavy atom. The van der Waals surface area contributed by atoms with Crippen molar-refractivity contribution in [1.29, 1.82) is 0 Å². The number of esters is 2. The van der Waals surface area contributed by atoms with E-state index < -0.39 is 22.8 Å². The van der Waals surface area contributed by atoms with Crippen LogP contribution in [0.25, 0.3) is 0 Å². The van der Waals surface area contributed by atoms with Gasteiger partial charge in [0.1, 0.15) is 0 Å². The van der Waals surface area contributed by atoms with Gasteiger partial charge in [0.05, 0.1) is 18.1 Å². The van der Waals surface area contributed by atoms with Crippen molar-refractivity contribution < 1.29 is 24.0 Å². The van der Waals surface area contributed by atoms with Gasteiger partial charge in [-0.25, -0.2) is 0 Å². The maximum Gasteiger partial charge on any atom is 0.320 e. The number of nitrogens with zero attached hydrogens (tertiary/aromatic N) is 1. The fourth-order valence-corrected chi connectivity index (χ4v) is 2.03. The Morgan fingerprint density at radius 1 is 1.18 bits per heavy atom. The average molecular weight is 309 g/mol. The normalized spacial score (nSPS) is 10.4. The number of ether oxygens (including phenoxy) is 2. The zero-order valence-corrected chi connectivity index (χ0v) is 12.8. The van der Waals surface area contributed by atoms with Crippen molar-refractivity contribution in [2.75, 3.05) is 13.2 Å². The van der Waals surface area contributed by atoms with Crippen molar-refractivity contribution in [2.24, 2.45) is 5.92 Å². The summed E-state index contributed by atoms with van der Waals surface area (Å²) in [5.41, 5.74) is 1.09. The predicted octanol–water partition coefficient (Wildman–Crippen LogP) is 2.19. The molecule has 0 heterocycles. The first-order chi connectivity index (χ1) is 10.4. The van der Waals surface area contributed by atoms with Crippen LogP contribution >= 0.6 is 0 Å². The highest BCUT2D eigenvalue weighted by Crippen LogP contribution is 2.21. The van der Waals surface area contributed by atoms with Crippen molar-refractivity contribution in [3.05, 3.63) is 39.4 Å². The third kappa shape index (κ3) is 4.54. The van der Waals surface area contributed by atoms with Gasteiger partial charge in [-0.1, -0.05) is 6.07 Å². The first kappa shape index (κ1) is 17.6. The van der Waals surface area contributed by atoms with Crippen LogP contribution in [0.4, 0.5) is 5.69 Å². The van der Waals surface area contributed by atoms with Crippen molar-refractivity contribution >= 4 is 17.6 Å². The highest BCUT2D eigenvalue weighted by Gasteiger charge is 2.30. The number of hydrogen-bond donors (Lipinski definition) is 0. The van der Waals surface area contributed by atoms with Gasteiger partial charge in [0.15, 0.2) is 5.92 Å². The molecule has 0 amide bonds. The first-order valence-corrected chi connectivity index (χ1v) is 6.97. The molecule has 0 saturated heterocycles. The molecule has 0 aliphatic carbocycles. The molecule has 7 heteroatoms. The summed E-state index contributed by atoms with van der Waals surface area (Å²) >= 11 is 0. The molecule has 1 rings (SSSR count). The van der Waals surface area contributed by atoms with Crippen LogP contribution in [0.2, 0.25) is 0 Å². The summed E-state index contributed by atoms with van der Waals surface area (Å²) in [4.78, 5) is 34.1. The summed E-state index contributed by atoms with van der Waals surface area (Å²) in [7, 11) is 0. The third-order valence-corrected chi connectivity index (χ3v) is 3.04. The Bertz CT molecular complexity index is 551. The molecule has 0 N–H and O–H groups in total.